The summed E-state index contributed by atoms with van der Waals surface area (Å²) in [6, 6.07) is 4.73. The van der Waals surface area contributed by atoms with Crippen molar-refractivity contribution in [3.8, 4) is 6.07 Å². The molecule has 0 amide bonds. The summed E-state index contributed by atoms with van der Waals surface area (Å²) in [5, 5.41) is 19.4. The average Bonchev–Trinajstić information content (AvgIpc) is 2.09. The fourth-order valence-electron chi connectivity index (χ4n) is 0.941. The summed E-state index contributed by atoms with van der Waals surface area (Å²) in [5.74, 6) is 0. The third kappa shape index (κ3) is 2.33. The second-order valence-corrected chi connectivity index (χ2v) is 4.06. The van der Waals surface area contributed by atoms with Crippen molar-refractivity contribution in [3.63, 3.8) is 0 Å². The fourth-order valence-corrected chi connectivity index (χ4v) is 2.02. The number of nitro benzene ring substituents is 1. The van der Waals surface area contributed by atoms with E-state index in [0.717, 1.165) is 0 Å². The number of nitriles is 1. The van der Waals surface area contributed by atoms with Crippen molar-refractivity contribution in [3.05, 3.63) is 36.4 Å². The van der Waals surface area contributed by atoms with E-state index in [2.05, 4.69) is 0 Å². The van der Waals surface area contributed by atoms with Gasteiger partial charge in [-0.2, -0.15) is 5.26 Å². The molecule has 1 aromatic carbocycles. The van der Waals surface area contributed by atoms with Gasteiger partial charge in [0, 0.05) is 11.1 Å². The van der Waals surface area contributed by atoms with Crippen molar-refractivity contribution >= 4 is 39.9 Å². The number of hydrogen-bond donors (Lipinski definition) is 0. The molecule has 0 aromatic heterocycles. The van der Waals surface area contributed by atoms with E-state index in [-0.39, 0.29) is 12.1 Å². The zero-order valence-corrected chi connectivity index (χ0v) is 9.74. The maximum atomic E-state index is 10.6. The molecule has 0 aliphatic heterocycles. The molecular formula is C8H4ClIN2O2. The van der Waals surface area contributed by atoms with E-state index in [4.69, 9.17) is 16.9 Å². The number of nitrogens with zero attached hydrogens (tertiary/aromatic N) is 2. The molecule has 1 aromatic rings. The Bertz CT molecular complexity index is 428. The molecule has 4 nitrogen and oxygen atoms in total. The zero-order chi connectivity index (χ0) is 10.7. The molecule has 0 aliphatic carbocycles. The highest BCUT2D eigenvalue weighted by Crippen LogP contribution is 2.28. The summed E-state index contributed by atoms with van der Waals surface area (Å²) in [7, 11) is 0. The van der Waals surface area contributed by atoms with E-state index in [1.165, 1.54) is 12.1 Å². The third-order valence-corrected chi connectivity index (χ3v) is 2.80. The first kappa shape index (κ1) is 11.2. The molecule has 1 rings (SSSR count). The minimum atomic E-state index is -0.487. The molecule has 0 bridgehead atoms. The van der Waals surface area contributed by atoms with Crippen LogP contribution in [0.15, 0.2) is 12.1 Å². The molecule has 6 heteroatoms. The van der Waals surface area contributed by atoms with Gasteiger partial charge in [-0.05, 0) is 34.2 Å². The van der Waals surface area contributed by atoms with Crippen molar-refractivity contribution in [2.24, 2.45) is 0 Å². The molecule has 0 fully saturated rings. The van der Waals surface area contributed by atoms with Crippen LogP contribution in [0.2, 0.25) is 5.02 Å². The van der Waals surface area contributed by atoms with Crippen molar-refractivity contribution in [2.75, 3.05) is 0 Å². The highest BCUT2D eigenvalue weighted by molar-refractivity contribution is 14.1. The van der Waals surface area contributed by atoms with Crippen LogP contribution in [-0.2, 0) is 6.42 Å². The lowest BCUT2D eigenvalue weighted by atomic mass is 10.1. The summed E-state index contributed by atoms with van der Waals surface area (Å²) in [6.45, 7) is 0. The van der Waals surface area contributed by atoms with Crippen molar-refractivity contribution in [2.45, 2.75) is 6.42 Å². The first-order chi connectivity index (χ1) is 6.56. The highest BCUT2D eigenvalue weighted by atomic mass is 127. The number of nitro groups is 1. The van der Waals surface area contributed by atoms with Gasteiger partial charge in [0.25, 0.3) is 5.69 Å². The Hall–Kier alpha value is -0.870. The van der Waals surface area contributed by atoms with Gasteiger partial charge >= 0.3 is 0 Å². The summed E-state index contributed by atoms with van der Waals surface area (Å²) in [6.07, 6.45) is 0.0800. The normalized spacial score (nSPS) is 9.50. The summed E-state index contributed by atoms with van der Waals surface area (Å²) >= 11 is 7.64. The Balaban J connectivity index is 3.28. The summed E-state index contributed by atoms with van der Waals surface area (Å²) in [5.41, 5.74) is 0.474. The smallest absolute Gasteiger partial charge is 0.258 e. The Kier molecular flexibility index (Phi) is 3.66. The molecule has 0 atom stereocenters. The van der Waals surface area contributed by atoms with Gasteiger partial charge in [-0.1, -0.05) is 11.6 Å². The van der Waals surface area contributed by atoms with Crippen molar-refractivity contribution < 1.29 is 4.92 Å². The largest absolute Gasteiger partial charge is 0.283 e. The van der Waals surface area contributed by atoms with Crippen LogP contribution in [0.5, 0.6) is 0 Å². The van der Waals surface area contributed by atoms with Crippen LogP contribution in [0.25, 0.3) is 0 Å². The Morgan fingerprint density at radius 1 is 1.64 bits per heavy atom. The van der Waals surface area contributed by atoms with Crippen LogP contribution < -0.4 is 0 Å². The van der Waals surface area contributed by atoms with Crippen LogP contribution in [0, 0.1) is 25.0 Å². The quantitative estimate of drug-likeness (QED) is 0.477. The average molecular weight is 322 g/mol. The predicted molar refractivity (Wildman–Crippen MR) is 60.1 cm³/mol. The maximum Gasteiger partial charge on any atom is 0.283 e. The molecular weight excluding hydrogens is 318 g/mol. The number of benzene rings is 1. The van der Waals surface area contributed by atoms with Gasteiger partial charge in [0.05, 0.1) is 21.0 Å². The lowest BCUT2D eigenvalue weighted by Crippen LogP contribution is -1.94. The highest BCUT2D eigenvalue weighted by Gasteiger charge is 2.15. The SMILES string of the molecule is N#CCc1cc([N+](=O)[O-])c(I)cc1Cl. The second-order valence-electron chi connectivity index (χ2n) is 2.49. The Labute approximate surface area is 98.8 Å². The van der Waals surface area contributed by atoms with Gasteiger partial charge in [0.15, 0.2) is 0 Å². The van der Waals surface area contributed by atoms with Gasteiger partial charge in [-0.25, -0.2) is 0 Å². The van der Waals surface area contributed by atoms with Crippen LogP contribution >= 0.6 is 34.2 Å². The lowest BCUT2D eigenvalue weighted by Gasteiger charge is -2.01. The van der Waals surface area contributed by atoms with Gasteiger partial charge in [0.1, 0.15) is 0 Å². The molecule has 0 spiro atoms. The third-order valence-electron chi connectivity index (χ3n) is 1.58. The monoisotopic (exact) mass is 322 g/mol. The van der Waals surface area contributed by atoms with Crippen LogP contribution in [-0.4, -0.2) is 4.92 Å². The van der Waals surface area contributed by atoms with E-state index < -0.39 is 4.92 Å². The molecule has 0 heterocycles. The van der Waals surface area contributed by atoms with Crippen molar-refractivity contribution in [1.82, 2.24) is 0 Å². The molecule has 72 valence electrons. The van der Waals surface area contributed by atoms with Crippen LogP contribution in [0.4, 0.5) is 5.69 Å². The zero-order valence-electron chi connectivity index (χ0n) is 6.83. The van der Waals surface area contributed by atoms with E-state index in [1.807, 2.05) is 28.7 Å². The van der Waals surface area contributed by atoms with Gasteiger partial charge in [-0.3, -0.25) is 10.1 Å². The summed E-state index contributed by atoms with van der Waals surface area (Å²) < 4.78 is 0.472. The minimum absolute atomic E-state index is 0.0137. The van der Waals surface area contributed by atoms with Gasteiger partial charge in [-0.15, -0.1) is 0 Å². The molecule has 14 heavy (non-hydrogen) atoms. The molecule has 0 aliphatic rings. The molecule has 0 saturated carbocycles. The van der Waals surface area contributed by atoms with E-state index in [0.29, 0.717) is 14.2 Å². The van der Waals surface area contributed by atoms with E-state index >= 15 is 0 Å². The van der Waals surface area contributed by atoms with Gasteiger partial charge < -0.3 is 0 Å². The minimum Gasteiger partial charge on any atom is -0.258 e. The number of hydrogen-bond acceptors (Lipinski definition) is 3. The molecule has 0 unspecified atom stereocenters. The Morgan fingerprint density at radius 2 is 2.29 bits per heavy atom. The summed E-state index contributed by atoms with van der Waals surface area (Å²) in [4.78, 5) is 10.1. The fraction of sp³-hybridized carbons (Fsp3) is 0.125. The predicted octanol–water partition coefficient (Wildman–Crippen LogP) is 2.92. The first-order valence-corrected chi connectivity index (χ1v) is 5.01. The van der Waals surface area contributed by atoms with E-state index in [9.17, 15) is 10.1 Å². The maximum absolute atomic E-state index is 10.6. The molecule has 0 N–H and O–H groups in total. The second kappa shape index (κ2) is 4.57. The standard InChI is InChI=1S/C8H4ClIN2O2/c9-6-4-7(10)8(12(13)14)3-5(6)1-2-11/h3-4H,1H2. The lowest BCUT2D eigenvalue weighted by molar-refractivity contribution is -0.385. The molecule has 0 saturated heterocycles. The number of halogens is 2. The number of rotatable bonds is 2. The van der Waals surface area contributed by atoms with Crippen molar-refractivity contribution in [1.29, 1.82) is 5.26 Å². The molecule has 0 radical (unpaired) electrons. The van der Waals surface area contributed by atoms with Crippen LogP contribution in [0.1, 0.15) is 5.56 Å². The van der Waals surface area contributed by atoms with Gasteiger partial charge in [0.2, 0.25) is 0 Å². The van der Waals surface area contributed by atoms with Crippen LogP contribution in [0.3, 0.4) is 0 Å². The van der Waals surface area contributed by atoms with E-state index in [1.54, 1.807) is 0 Å². The topological polar surface area (TPSA) is 66.9 Å². The Morgan fingerprint density at radius 3 is 2.79 bits per heavy atom. The first-order valence-electron chi connectivity index (χ1n) is 3.55.